The maximum atomic E-state index is 8.70. The molecular weight excluding hydrogens is 132 g/mol. The van der Waals surface area contributed by atoms with Crippen molar-refractivity contribution in [3.05, 3.63) is 0 Å². The van der Waals surface area contributed by atoms with Gasteiger partial charge in [0.05, 0.1) is 6.07 Å². The van der Waals surface area contributed by atoms with Crippen molar-refractivity contribution in [2.45, 2.75) is 5.54 Å². The fourth-order valence-electron chi connectivity index (χ4n) is 0.718. The van der Waals surface area contributed by atoms with E-state index in [-0.39, 0.29) is 5.54 Å². The Morgan fingerprint density at radius 2 is 2.11 bits per heavy atom. The average molecular weight is 142 g/mol. The second-order valence-electron chi connectivity index (χ2n) is 2.53. The Morgan fingerprint density at radius 1 is 1.56 bits per heavy atom. The van der Waals surface area contributed by atoms with Gasteiger partial charge in [-0.3, -0.25) is 4.90 Å². The van der Waals surface area contributed by atoms with Crippen LogP contribution >= 0.6 is 11.8 Å². The van der Waals surface area contributed by atoms with E-state index in [1.54, 1.807) is 0 Å². The number of thioether (sulfide) groups is 1. The number of rotatable bonds is 1. The third-order valence-corrected chi connectivity index (χ3v) is 3.11. The fourth-order valence-corrected chi connectivity index (χ4v) is 1.95. The summed E-state index contributed by atoms with van der Waals surface area (Å²) in [6.07, 6.45) is 0. The molecule has 0 aromatic carbocycles. The van der Waals surface area contributed by atoms with Crippen molar-refractivity contribution in [1.82, 2.24) is 4.90 Å². The second-order valence-corrected chi connectivity index (χ2v) is 3.52. The molecule has 0 aromatic heterocycles. The van der Waals surface area contributed by atoms with Gasteiger partial charge in [0, 0.05) is 11.5 Å². The van der Waals surface area contributed by atoms with Crippen molar-refractivity contribution >= 4 is 11.8 Å². The Bertz CT molecular complexity index is 144. The summed E-state index contributed by atoms with van der Waals surface area (Å²) >= 11 is 1.83. The minimum absolute atomic E-state index is 0.134. The van der Waals surface area contributed by atoms with E-state index in [1.165, 1.54) is 0 Å². The Balaban J connectivity index is 2.60. The number of hydrogen-bond acceptors (Lipinski definition) is 3. The van der Waals surface area contributed by atoms with Crippen LogP contribution in [-0.2, 0) is 0 Å². The molecule has 0 amide bonds. The van der Waals surface area contributed by atoms with Gasteiger partial charge in [0.25, 0.3) is 0 Å². The summed E-state index contributed by atoms with van der Waals surface area (Å²) in [4.78, 5) is 2.00. The molecule has 0 aliphatic carbocycles. The third-order valence-electron chi connectivity index (χ3n) is 1.75. The van der Waals surface area contributed by atoms with Gasteiger partial charge in [-0.05, 0) is 14.1 Å². The smallest absolute Gasteiger partial charge is 0.126 e. The largest absolute Gasteiger partial charge is 0.290 e. The van der Waals surface area contributed by atoms with Crippen LogP contribution in [0.15, 0.2) is 0 Å². The maximum absolute atomic E-state index is 8.70. The highest BCUT2D eigenvalue weighted by molar-refractivity contribution is 8.00. The van der Waals surface area contributed by atoms with E-state index in [4.69, 9.17) is 5.26 Å². The molecule has 1 aliphatic rings. The van der Waals surface area contributed by atoms with Crippen LogP contribution in [0, 0.1) is 11.3 Å². The van der Waals surface area contributed by atoms with E-state index in [2.05, 4.69) is 6.07 Å². The quantitative estimate of drug-likeness (QED) is 0.535. The van der Waals surface area contributed by atoms with Gasteiger partial charge in [0.15, 0.2) is 0 Å². The molecule has 1 fully saturated rings. The first-order chi connectivity index (χ1) is 4.21. The van der Waals surface area contributed by atoms with E-state index in [0.29, 0.717) is 0 Å². The zero-order valence-electron chi connectivity index (χ0n) is 5.72. The van der Waals surface area contributed by atoms with Crippen LogP contribution in [0.25, 0.3) is 0 Å². The summed E-state index contributed by atoms with van der Waals surface area (Å²) in [5.41, 5.74) is -0.134. The molecule has 2 nitrogen and oxygen atoms in total. The highest BCUT2D eigenvalue weighted by Gasteiger charge is 2.40. The zero-order valence-corrected chi connectivity index (χ0v) is 6.53. The number of nitrogens with zero attached hydrogens (tertiary/aromatic N) is 2. The van der Waals surface area contributed by atoms with Crippen LogP contribution < -0.4 is 0 Å². The molecule has 0 bridgehead atoms. The van der Waals surface area contributed by atoms with Gasteiger partial charge >= 0.3 is 0 Å². The molecule has 3 heteroatoms. The van der Waals surface area contributed by atoms with E-state index in [1.807, 2.05) is 30.8 Å². The average Bonchev–Trinajstić information content (AvgIpc) is 1.62. The fraction of sp³-hybridized carbons (Fsp3) is 0.833. The third kappa shape index (κ3) is 0.930. The van der Waals surface area contributed by atoms with Crippen LogP contribution in [0.1, 0.15) is 0 Å². The van der Waals surface area contributed by atoms with Gasteiger partial charge in [0.1, 0.15) is 5.54 Å². The minimum Gasteiger partial charge on any atom is -0.290 e. The molecule has 9 heavy (non-hydrogen) atoms. The van der Waals surface area contributed by atoms with Gasteiger partial charge in [-0.1, -0.05) is 0 Å². The lowest BCUT2D eigenvalue weighted by molar-refractivity contribution is 0.258. The summed E-state index contributed by atoms with van der Waals surface area (Å²) in [5.74, 6) is 1.94. The van der Waals surface area contributed by atoms with Crippen molar-refractivity contribution in [3.8, 4) is 6.07 Å². The van der Waals surface area contributed by atoms with Crippen LogP contribution in [0.3, 0.4) is 0 Å². The Kier molecular flexibility index (Phi) is 1.69. The first-order valence-electron chi connectivity index (χ1n) is 2.88. The van der Waals surface area contributed by atoms with Crippen LogP contribution in [0.2, 0.25) is 0 Å². The molecule has 0 radical (unpaired) electrons. The predicted octanol–water partition coefficient (Wildman–Crippen LogP) is 0.557. The van der Waals surface area contributed by atoms with Crippen LogP contribution in [0.4, 0.5) is 0 Å². The molecule has 0 N–H and O–H groups in total. The lowest BCUT2D eigenvalue weighted by atomic mass is 10.1. The second kappa shape index (κ2) is 2.20. The highest BCUT2D eigenvalue weighted by atomic mass is 32.2. The van der Waals surface area contributed by atoms with Crippen molar-refractivity contribution in [2.75, 3.05) is 25.6 Å². The van der Waals surface area contributed by atoms with Crippen molar-refractivity contribution in [3.63, 3.8) is 0 Å². The molecule has 0 spiro atoms. The Morgan fingerprint density at radius 3 is 2.11 bits per heavy atom. The van der Waals surface area contributed by atoms with Crippen LogP contribution in [-0.4, -0.2) is 36.0 Å². The molecular formula is C6H10N2S. The lowest BCUT2D eigenvalue weighted by Gasteiger charge is -2.40. The summed E-state index contributed by atoms with van der Waals surface area (Å²) in [5, 5.41) is 8.70. The Hall–Kier alpha value is -0.200. The summed E-state index contributed by atoms with van der Waals surface area (Å²) in [6.45, 7) is 0. The standard InChI is InChI=1S/C6H10N2S/c1-8(2)6(3-7)4-9-5-6/h4-5H2,1-2H3. The molecule has 1 saturated heterocycles. The first-order valence-corrected chi connectivity index (χ1v) is 4.03. The first kappa shape index (κ1) is 6.91. The molecule has 0 unspecified atom stereocenters. The van der Waals surface area contributed by atoms with Crippen molar-refractivity contribution in [1.29, 1.82) is 5.26 Å². The van der Waals surface area contributed by atoms with E-state index in [9.17, 15) is 0 Å². The summed E-state index contributed by atoms with van der Waals surface area (Å²) in [7, 11) is 3.92. The minimum atomic E-state index is -0.134. The summed E-state index contributed by atoms with van der Waals surface area (Å²) < 4.78 is 0. The van der Waals surface area contributed by atoms with Crippen LogP contribution in [0.5, 0.6) is 0 Å². The lowest BCUT2D eigenvalue weighted by Crippen LogP contribution is -2.53. The molecule has 0 atom stereocenters. The topological polar surface area (TPSA) is 27.0 Å². The number of nitriles is 1. The van der Waals surface area contributed by atoms with Gasteiger partial charge in [0.2, 0.25) is 0 Å². The summed E-state index contributed by atoms with van der Waals surface area (Å²) in [6, 6.07) is 2.32. The predicted molar refractivity (Wildman–Crippen MR) is 39.4 cm³/mol. The van der Waals surface area contributed by atoms with E-state index >= 15 is 0 Å². The molecule has 0 aromatic rings. The molecule has 1 heterocycles. The zero-order chi connectivity index (χ0) is 6.91. The molecule has 0 saturated carbocycles. The van der Waals surface area contributed by atoms with E-state index in [0.717, 1.165) is 11.5 Å². The molecule has 1 aliphatic heterocycles. The maximum Gasteiger partial charge on any atom is 0.126 e. The van der Waals surface area contributed by atoms with Gasteiger partial charge in [-0.2, -0.15) is 17.0 Å². The monoisotopic (exact) mass is 142 g/mol. The van der Waals surface area contributed by atoms with Gasteiger partial charge in [-0.15, -0.1) is 0 Å². The molecule has 50 valence electrons. The molecule has 1 rings (SSSR count). The van der Waals surface area contributed by atoms with Crippen molar-refractivity contribution < 1.29 is 0 Å². The SMILES string of the molecule is CN(C)C1(C#N)CSC1. The highest BCUT2D eigenvalue weighted by Crippen LogP contribution is 2.32. The number of hydrogen-bond donors (Lipinski definition) is 0. The normalized spacial score (nSPS) is 22.9. The van der Waals surface area contributed by atoms with E-state index < -0.39 is 0 Å². The van der Waals surface area contributed by atoms with Crippen molar-refractivity contribution in [2.24, 2.45) is 0 Å². The Labute approximate surface area is 59.8 Å². The van der Waals surface area contributed by atoms with Gasteiger partial charge < -0.3 is 0 Å². The van der Waals surface area contributed by atoms with Gasteiger partial charge in [-0.25, -0.2) is 0 Å².